The minimum Gasteiger partial charge on any atom is -0.403 e. The molecule has 0 fully saturated rings. The van der Waals surface area contributed by atoms with Crippen molar-refractivity contribution < 1.29 is 17.9 Å². The first-order valence-corrected chi connectivity index (χ1v) is 4.21. The molecule has 0 aliphatic rings. The molecule has 1 N–H and O–H groups in total. The molecule has 0 atom stereocenters. The first-order chi connectivity index (χ1) is 6.85. The zero-order valence-corrected chi connectivity index (χ0v) is 8.44. The predicted molar refractivity (Wildman–Crippen MR) is 46.2 cm³/mol. The molecule has 0 aromatic carbocycles. The fraction of sp³-hybridized carbons (Fsp3) is 0.143. The number of nitriles is 1. The molecule has 0 saturated heterocycles. The Morgan fingerprint density at radius 1 is 1.53 bits per heavy atom. The molecule has 0 saturated carbocycles. The number of nitrogens with one attached hydrogen (secondary N) is 1. The molecule has 0 radical (unpaired) electrons. The maximum atomic E-state index is 11.8. The lowest BCUT2D eigenvalue weighted by molar-refractivity contribution is -0.275. The van der Waals surface area contributed by atoms with Gasteiger partial charge in [0.15, 0.2) is 5.75 Å². The second-order valence-corrected chi connectivity index (χ2v) is 3.12. The highest BCUT2D eigenvalue weighted by atomic mass is 79.9. The molecule has 0 spiro atoms. The normalized spacial score (nSPS) is 10.9. The molecule has 1 aromatic heterocycles. The van der Waals surface area contributed by atoms with Gasteiger partial charge in [0.1, 0.15) is 11.6 Å². The van der Waals surface area contributed by atoms with Gasteiger partial charge in [-0.05, 0) is 15.9 Å². The van der Waals surface area contributed by atoms with Crippen LogP contribution in [0.4, 0.5) is 13.2 Å². The molecule has 0 unspecified atom stereocenters. The largest absolute Gasteiger partial charge is 0.573 e. The molecule has 1 aromatic rings. The Labute approximate surface area is 89.4 Å². The van der Waals surface area contributed by atoms with Crippen molar-refractivity contribution in [2.45, 2.75) is 6.36 Å². The fourth-order valence-electron chi connectivity index (χ4n) is 0.788. The van der Waals surface area contributed by atoms with Gasteiger partial charge in [0, 0.05) is 6.20 Å². The maximum absolute atomic E-state index is 11.8. The van der Waals surface area contributed by atoms with Crippen molar-refractivity contribution in [3.05, 3.63) is 26.6 Å². The maximum Gasteiger partial charge on any atom is 0.573 e. The van der Waals surface area contributed by atoms with E-state index in [1.54, 1.807) is 0 Å². The van der Waals surface area contributed by atoms with Crippen molar-refractivity contribution in [3.63, 3.8) is 0 Å². The third-order valence-electron chi connectivity index (χ3n) is 1.33. The van der Waals surface area contributed by atoms with E-state index in [9.17, 15) is 18.0 Å². The summed E-state index contributed by atoms with van der Waals surface area (Å²) in [4.78, 5) is 12.9. The van der Waals surface area contributed by atoms with Gasteiger partial charge in [-0.25, -0.2) is 0 Å². The minimum absolute atomic E-state index is 0.328. The molecular weight excluding hydrogens is 281 g/mol. The van der Waals surface area contributed by atoms with E-state index in [0.717, 1.165) is 6.20 Å². The molecule has 0 bridgehead atoms. The summed E-state index contributed by atoms with van der Waals surface area (Å²) in [5, 5.41) is 8.49. The Kier molecular flexibility index (Phi) is 3.04. The molecule has 1 rings (SSSR count). The quantitative estimate of drug-likeness (QED) is 0.856. The Bertz CT molecular complexity index is 475. The van der Waals surface area contributed by atoms with Crippen LogP contribution in [0.3, 0.4) is 0 Å². The van der Waals surface area contributed by atoms with Gasteiger partial charge in [0.25, 0.3) is 5.56 Å². The third-order valence-corrected chi connectivity index (χ3v) is 2.12. The number of hydrogen-bond acceptors (Lipinski definition) is 3. The number of halogens is 4. The molecule has 1 heterocycles. The summed E-state index contributed by atoms with van der Waals surface area (Å²) in [5.74, 6) is -0.668. The van der Waals surface area contributed by atoms with Crippen LogP contribution >= 0.6 is 15.9 Å². The summed E-state index contributed by atoms with van der Waals surface area (Å²) in [6.45, 7) is 0. The Balaban J connectivity index is 3.24. The zero-order chi connectivity index (χ0) is 11.6. The van der Waals surface area contributed by atoms with E-state index in [-0.39, 0.29) is 4.47 Å². The second-order valence-electron chi connectivity index (χ2n) is 2.33. The van der Waals surface area contributed by atoms with Crippen LogP contribution in [0.2, 0.25) is 0 Å². The fourth-order valence-corrected chi connectivity index (χ4v) is 1.25. The van der Waals surface area contributed by atoms with Crippen molar-refractivity contribution >= 4 is 15.9 Å². The van der Waals surface area contributed by atoms with Crippen LogP contribution in [-0.2, 0) is 0 Å². The Morgan fingerprint density at radius 3 is 2.60 bits per heavy atom. The topological polar surface area (TPSA) is 65.9 Å². The predicted octanol–water partition coefficient (Wildman–Crippen LogP) is 1.91. The smallest absolute Gasteiger partial charge is 0.403 e. The summed E-state index contributed by atoms with van der Waals surface area (Å²) in [6, 6.07) is 1.45. The van der Waals surface area contributed by atoms with Gasteiger partial charge in [0.05, 0.1) is 4.47 Å². The molecule has 0 amide bonds. The number of rotatable bonds is 1. The van der Waals surface area contributed by atoms with Crippen molar-refractivity contribution in [1.29, 1.82) is 5.26 Å². The monoisotopic (exact) mass is 282 g/mol. The summed E-state index contributed by atoms with van der Waals surface area (Å²) in [7, 11) is 0. The van der Waals surface area contributed by atoms with E-state index >= 15 is 0 Å². The molecule has 4 nitrogen and oxygen atoms in total. The van der Waals surface area contributed by atoms with Crippen LogP contribution in [-0.4, -0.2) is 11.3 Å². The zero-order valence-electron chi connectivity index (χ0n) is 6.85. The first kappa shape index (κ1) is 11.6. The molecule has 15 heavy (non-hydrogen) atoms. The first-order valence-electron chi connectivity index (χ1n) is 3.42. The van der Waals surface area contributed by atoms with Crippen LogP contribution in [0, 0.1) is 11.3 Å². The van der Waals surface area contributed by atoms with Gasteiger partial charge in [-0.2, -0.15) is 5.26 Å². The standard InChI is InChI=1S/C7H2BrF3N2O2/c8-5-3(1-12)6(14)13-2-4(5)15-7(9,10)11/h2H,(H,13,14). The summed E-state index contributed by atoms with van der Waals surface area (Å²) < 4.78 is 38.8. The highest BCUT2D eigenvalue weighted by molar-refractivity contribution is 9.10. The third kappa shape index (κ3) is 2.73. The average molecular weight is 283 g/mol. The van der Waals surface area contributed by atoms with E-state index in [1.165, 1.54) is 6.07 Å². The van der Waals surface area contributed by atoms with Crippen LogP contribution in [0.15, 0.2) is 15.5 Å². The van der Waals surface area contributed by atoms with E-state index in [1.807, 2.05) is 4.98 Å². The number of aromatic nitrogens is 1. The van der Waals surface area contributed by atoms with Gasteiger partial charge in [-0.1, -0.05) is 0 Å². The van der Waals surface area contributed by atoms with Gasteiger partial charge < -0.3 is 9.72 Å². The average Bonchev–Trinajstić information content (AvgIpc) is 2.09. The number of pyridine rings is 1. The number of hydrogen-bond donors (Lipinski definition) is 1. The number of alkyl halides is 3. The molecule has 80 valence electrons. The van der Waals surface area contributed by atoms with E-state index in [0.29, 0.717) is 0 Å². The molecular formula is C7H2BrF3N2O2. The van der Waals surface area contributed by atoms with Gasteiger partial charge in [0.2, 0.25) is 0 Å². The lowest BCUT2D eigenvalue weighted by Crippen LogP contribution is -2.19. The van der Waals surface area contributed by atoms with E-state index in [2.05, 4.69) is 20.7 Å². The van der Waals surface area contributed by atoms with Crippen LogP contribution in [0.25, 0.3) is 0 Å². The van der Waals surface area contributed by atoms with E-state index < -0.39 is 23.2 Å². The van der Waals surface area contributed by atoms with Crippen molar-refractivity contribution in [1.82, 2.24) is 4.98 Å². The number of aromatic amines is 1. The number of nitrogens with zero attached hydrogens (tertiary/aromatic N) is 1. The Morgan fingerprint density at radius 2 is 2.13 bits per heavy atom. The SMILES string of the molecule is N#Cc1c(Br)c(OC(F)(F)F)c[nH]c1=O. The van der Waals surface area contributed by atoms with Gasteiger partial charge in [-0.3, -0.25) is 4.79 Å². The van der Waals surface area contributed by atoms with Crippen LogP contribution in [0.5, 0.6) is 5.75 Å². The van der Waals surface area contributed by atoms with Gasteiger partial charge in [-0.15, -0.1) is 13.2 Å². The van der Waals surface area contributed by atoms with Gasteiger partial charge >= 0.3 is 6.36 Å². The molecule has 0 aliphatic carbocycles. The number of H-pyrrole nitrogens is 1. The Hall–Kier alpha value is -1.49. The minimum atomic E-state index is -4.88. The second kappa shape index (κ2) is 3.94. The summed E-state index contributed by atoms with van der Waals surface area (Å²) in [5.41, 5.74) is -1.27. The summed E-state index contributed by atoms with van der Waals surface area (Å²) >= 11 is 2.68. The highest BCUT2D eigenvalue weighted by Crippen LogP contribution is 2.30. The highest BCUT2D eigenvalue weighted by Gasteiger charge is 2.32. The van der Waals surface area contributed by atoms with Crippen molar-refractivity contribution in [2.24, 2.45) is 0 Å². The lowest BCUT2D eigenvalue weighted by atomic mass is 10.3. The van der Waals surface area contributed by atoms with Crippen LogP contribution in [0.1, 0.15) is 5.56 Å². The molecule has 8 heteroatoms. The summed E-state index contributed by atoms with van der Waals surface area (Å²) in [6.07, 6.45) is -4.16. The number of ether oxygens (including phenoxy) is 1. The van der Waals surface area contributed by atoms with E-state index in [4.69, 9.17) is 5.26 Å². The lowest BCUT2D eigenvalue weighted by Gasteiger charge is -2.10. The van der Waals surface area contributed by atoms with Crippen molar-refractivity contribution in [3.8, 4) is 11.8 Å². The van der Waals surface area contributed by atoms with Crippen molar-refractivity contribution in [2.75, 3.05) is 0 Å². The van der Waals surface area contributed by atoms with Crippen LogP contribution < -0.4 is 10.3 Å². The molecule has 0 aliphatic heterocycles.